The molecule has 0 bridgehead atoms. The molecule has 0 radical (unpaired) electrons. The molecule has 0 fully saturated rings. The fourth-order valence-electron chi connectivity index (χ4n) is 2.31. The molecule has 1 heterocycles. The fourth-order valence-corrected chi connectivity index (χ4v) is 2.59. The number of carbonyl (C=O) groups is 1. The summed E-state index contributed by atoms with van der Waals surface area (Å²) in [6, 6.07) is 14.5. The molecule has 23 heavy (non-hydrogen) atoms. The van der Waals surface area contributed by atoms with Crippen LogP contribution in [0.25, 0.3) is 16.8 Å². The number of nitriles is 1. The average Bonchev–Trinajstić information content (AvgIpc) is 2.59. The Morgan fingerprint density at radius 1 is 1.17 bits per heavy atom. The van der Waals surface area contributed by atoms with Gasteiger partial charge in [0.05, 0.1) is 16.7 Å². The van der Waals surface area contributed by atoms with E-state index in [0.29, 0.717) is 11.1 Å². The SMILES string of the molecule is N#Cc1ccc(C(=O)/C=C/c2cncc3ccccc23)c(Cl)c1. The lowest BCUT2D eigenvalue weighted by atomic mass is 10.0. The molecule has 3 rings (SSSR count). The van der Waals surface area contributed by atoms with Crippen LogP contribution in [0.3, 0.4) is 0 Å². The van der Waals surface area contributed by atoms with Gasteiger partial charge in [-0.1, -0.05) is 35.9 Å². The van der Waals surface area contributed by atoms with Crippen molar-refractivity contribution in [1.29, 1.82) is 5.26 Å². The second kappa shape index (κ2) is 6.43. The first kappa shape index (κ1) is 15.0. The van der Waals surface area contributed by atoms with Crippen LogP contribution in [0, 0.1) is 11.3 Å². The molecule has 1 aromatic heterocycles. The first-order valence-corrected chi connectivity index (χ1v) is 7.31. The molecule has 0 amide bonds. The minimum absolute atomic E-state index is 0.215. The molecule has 0 aliphatic carbocycles. The third kappa shape index (κ3) is 3.13. The molecule has 0 saturated carbocycles. The summed E-state index contributed by atoms with van der Waals surface area (Å²) in [5.41, 5.74) is 1.66. The number of hydrogen-bond acceptors (Lipinski definition) is 3. The molecule has 0 atom stereocenters. The number of aromatic nitrogens is 1. The monoisotopic (exact) mass is 318 g/mol. The van der Waals surface area contributed by atoms with E-state index in [4.69, 9.17) is 16.9 Å². The number of pyridine rings is 1. The van der Waals surface area contributed by atoms with Crippen LogP contribution in [0.4, 0.5) is 0 Å². The van der Waals surface area contributed by atoms with Crippen molar-refractivity contribution in [2.45, 2.75) is 0 Å². The molecule has 0 N–H and O–H groups in total. The molecule has 4 heteroatoms. The summed E-state index contributed by atoms with van der Waals surface area (Å²) in [6.07, 6.45) is 6.70. The number of allylic oxidation sites excluding steroid dienone is 1. The fraction of sp³-hybridized carbons (Fsp3) is 0. The van der Waals surface area contributed by atoms with Crippen molar-refractivity contribution >= 4 is 34.2 Å². The van der Waals surface area contributed by atoms with E-state index in [0.717, 1.165) is 16.3 Å². The Hall–Kier alpha value is -2.96. The van der Waals surface area contributed by atoms with Gasteiger partial charge in [0.15, 0.2) is 5.78 Å². The van der Waals surface area contributed by atoms with Crippen LogP contribution in [-0.4, -0.2) is 10.8 Å². The molecule has 110 valence electrons. The molecule has 3 nitrogen and oxygen atoms in total. The predicted octanol–water partition coefficient (Wildman–Crippen LogP) is 4.66. The second-order valence-electron chi connectivity index (χ2n) is 4.95. The van der Waals surface area contributed by atoms with Crippen molar-refractivity contribution in [3.8, 4) is 6.07 Å². The Kier molecular flexibility index (Phi) is 4.18. The Balaban J connectivity index is 1.93. The highest BCUT2D eigenvalue weighted by atomic mass is 35.5. The van der Waals surface area contributed by atoms with Gasteiger partial charge < -0.3 is 0 Å². The van der Waals surface area contributed by atoms with Gasteiger partial charge in [0.1, 0.15) is 0 Å². The Bertz CT molecular complexity index is 965. The van der Waals surface area contributed by atoms with Gasteiger partial charge in [-0.05, 0) is 35.7 Å². The van der Waals surface area contributed by atoms with Gasteiger partial charge in [0, 0.05) is 28.9 Å². The maximum atomic E-state index is 12.3. The van der Waals surface area contributed by atoms with Gasteiger partial charge in [-0.15, -0.1) is 0 Å². The Labute approximate surface area is 138 Å². The topological polar surface area (TPSA) is 53.8 Å². The lowest BCUT2D eigenvalue weighted by Gasteiger charge is -2.02. The highest BCUT2D eigenvalue weighted by molar-refractivity contribution is 6.34. The van der Waals surface area contributed by atoms with Crippen molar-refractivity contribution in [2.24, 2.45) is 0 Å². The highest BCUT2D eigenvalue weighted by Crippen LogP contribution is 2.21. The quantitative estimate of drug-likeness (QED) is 0.521. The third-order valence-electron chi connectivity index (χ3n) is 3.48. The number of rotatable bonds is 3. The lowest BCUT2D eigenvalue weighted by Crippen LogP contribution is -1.96. The van der Waals surface area contributed by atoms with Crippen LogP contribution in [0.5, 0.6) is 0 Å². The normalized spacial score (nSPS) is 10.8. The van der Waals surface area contributed by atoms with E-state index in [2.05, 4.69) is 4.98 Å². The van der Waals surface area contributed by atoms with E-state index in [-0.39, 0.29) is 10.8 Å². The smallest absolute Gasteiger partial charge is 0.187 e. The summed E-state index contributed by atoms with van der Waals surface area (Å²) in [5, 5.41) is 11.1. The number of fused-ring (bicyclic) bond motifs is 1. The Morgan fingerprint density at radius 2 is 2.00 bits per heavy atom. The van der Waals surface area contributed by atoms with Crippen molar-refractivity contribution in [3.05, 3.63) is 82.6 Å². The first-order valence-electron chi connectivity index (χ1n) is 6.94. The van der Waals surface area contributed by atoms with E-state index in [1.807, 2.05) is 30.3 Å². The van der Waals surface area contributed by atoms with Gasteiger partial charge in [0.25, 0.3) is 0 Å². The summed E-state index contributed by atoms with van der Waals surface area (Å²) in [7, 11) is 0. The number of benzene rings is 2. The van der Waals surface area contributed by atoms with E-state index < -0.39 is 0 Å². The highest BCUT2D eigenvalue weighted by Gasteiger charge is 2.08. The lowest BCUT2D eigenvalue weighted by molar-refractivity contribution is 0.104. The molecular weight excluding hydrogens is 308 g/mol. The first-order chi connectivity index (χ1) is 11.2. The molecule has 0 unspecified atom stereocenters. The Morgan fingerprint density at radius 3 is 2.78 bits per heavy atom. The second-order valence-corrected chi connectivity index (χ2v) is 5.36. The molecule has 0 aliphatic heterocycles. The average molecular weight is 319 g/mol. The van der Waals surface area contributed by atoms with Crippen LogP contribution in [0.15, 0.2) is 60.9 Å². The van der Waals surface area contributed by atoms with Crippen LogP contribution in [-0.2, 0) is 0 Å². The van der Waals surface area contributed by atoms with E-state index >= 15 is 0 Å². The predicted molar refractivity (Wildman–Crippen MR) is 91.3 cm³/mol. The van der Waals surface area contributed by atoms with Crippen molar-refractivity contribution < 1.29 is 4.79 Å². The van der Waals surface area contributed by atoms with Crippen molar-refractivity contribution in [3.63, 3.8) is 0 Å². The molecule has 3 aromatic rings. The van der Waals surface area contributed by atoms with Gasteiger partial charge in [-0.25, -0.2) is 0 Å². The molecule has 0 spiro atoms. The van der Waals surface area contributed by atoms with Gasteiger partial charge in [-0.3, -0.25) is 9.78 Å². The largest absolute Gasteiger partial charge is 0.289 e. The maximum absolute atomic E-state index is 12.3. The van der Waals surface area contributed by atoms with Crippen LogP contribution >= 0.6 is 11.6 Å². The van der Waals surface area contributed by atoms with Crippen molar-refractivity contribution in [2.75, 3.05) is 0 Å². The van der Waals surface area contributed by atoms with Crippen LogP contribution in [0.1, 0.15) is 21.5 Å². The zero-order valence-corrected chi connectivity index (χ0v) is 12.8. The number of carbonyl (C=O) groups excluding carboxylic acids is 1. The summed E-state index contributed by atoms with van der Waals surface area (Å²) in [5.74, 6) is -0.215. The standard InChI is InChI=1S/C19H11ClN2O/c20-18-9-13(10-21)5-7-17(18)19(23)8-6-15-12-22-11-14-3-1-2-4-16(14)15/h1-9,11-12H/b8-6+. The maximum Gasteiger partial charge on any atom is 0.187 e. The van der Waals surface area contributed by atoms with E-state index in [1.54, 1.807) is 30.6 Å². The minimum Gasteiger partial charge on any atom is -0.289 e. The summed E-state index contributed by atoms with van der Waals surface area (Å²) >= 11 is 6.06. The summed E-state index contributed by atoms with van der Waals surface area (Å²) in [6.45, 7) is 0. The zero-order chi connectivity index (χ0) is 16.2. The molecule has 0 saturated heterocycles. The molecule has 0 aliphatic rings. The number of hydrogen-bond donors (Lipinski definition) is 0. The molecular formula is C19H11ClN2O. The van der Waals surface area contributed by atoms with Crippen LogP contribution < -0.4 is 0 Å². The number of halogens is 1. The molecule has 2 aromatic carbocycles. The van der Waals surface area contributed by atoms with Gasteiger partial charge in [0.2, 0.25) is 0 Å². The zero-order valence-electron chi connectivity index (χ0n) is 12.0. The van der Waals surface area contributed by atoms with Gasteiger partial charge >= 0.3 is 0 Å². The van der Waals surface area contributed by atoms with Crippen LogP contribution in [0.2, 0.25) is 5.02 Å². The van der Waals surface area contributed by atoms with Crippen molar-refractivity contribution in [1.82, 2.24) is 4.98 Å². The minimum atomic E-state index is -0.215. The third-order valence-corrected chi connectivity index (χ3v) is 3.79. The van der Waals surface area contributed by atoms with E-state index in [9.17, 15) is 4.79 Å². The summed E-state index contributed by atoms with van der Waals surface area (Å²) in [4.78, 5) is 16.5. The van der Waals surface area contributed by atoms with Gasteiger partial charge in [-0.2, -0.15) is 5.26 Å². The summed E-state index contributed by atoms with van der Waals surface area (Å²) < 4.78 is 0. The number of nitrogens with zero attached hydrogens (tertiary/aromatic N) is 2. The van der Waals surface area contributed by atoms with E-state index in [1.165, 1.54) is 12.1 Å². The number of ketones is 1.